The van der Waals surface area contributed by atoms with E-state index in [2.05, 4.69) is 82.5 Å². The lowest BCUT2D eigenvalue weighted by Crippen LogP contribution is -2.18. The third kappa shape index (κ3) is 2.85. The van der Waals surface area contributed by atoms with Gasteiger partial charge in [-0.25, -0.2) is 0 Å². The first-order valence-corrected chi connectivity index (χ1v) is 8.38. The van der Waals surface area contributed by atoms with E-state index < -0.39 is 0 Å². The summed E-state index contributed by atoms with van der Waals surface area (Å²) in [6.45, 7) is 6.39. The standard InChI is InChI=1S/C18H21BrN2/c1-3-20-13(2)16-9-8-15(12-17(16)19)21-11-10-14-6-4-5-7-18(14)21/h4-9,12-13,20H,3,10-11H2,1-2H3. The van der Waals surface area contributed by atoms with Gasteiger partial charge < -0.3 is 10.2 Å². The molecule has 0 aromatic heterocycles. The fourth-order valence-electron chi connectivity index (χ4n) is 3.06. The molecular weight excluding hydrogens is 324 g/mol. The lowest BCUT2D eigenvalue weighted by atomic mass is 10.1. The molecule has 1 aliphatic rings. The Kier molecular flexibility index (Phi) is 4.32. The van der Waals surface area contributed by atoms with Crippen LogP contribution < -0.4 is 10.2 Å². The molecule has 0 radical (unpaired) electrons. The molecular formula is C18H21BrN2. The van der Waals surface area contributed by atoms with Crippen LogP contribution in [0.4, 0.5) is 11.4 Å². The van der Waals surface area contributed by atoms with Crippen molar-refractivity contribution >= 4 is 27.3 Å². The molecule has 0 fully saturated rings. The maximum Gasteiger partial charge on any atom is 0.0444 e. The van der Waals surface area contributed by atoms with Gasteiger partial charge in [0.15, 0.2) is 0 Å². The van der Waals surface area contributed by atoms with Gasteiger partial charge in [0.05, 0.1) is 0 Å². The van der Waals surface area contributed by atoms with Crippen LogP contribution in [-0.2, 0) is 6.42 Å². The number of fused-ring (bicyclic) bond motifs is 1. The van der Waals surface area contributed by atoms with Gasteiger partial charge in [-0.3, -0.25) is 0 Å². The molecule has 1 heterocycles. The van der Waals surface area contributed by atoms with E-state index in [1.807, 2.05) is 0 Å². The Hall–Kier alpha value is -1.32. The van der Waals surface area contributed by atoms with Crippen LogP contribution in [0.5, 0.6) is 0 Å². The molecule has 1 aliphatic heterocycles. The lowest BCUT2D eigenvalue weighted by Gasteiger charge is -2.22. The molecule has 110 valence electrons. The Bertz CT molecular complexity index is 639. The minimum absolute atomic E-state index is 0.365. The molecule has 2 aromatic rings. The number of benzene rings is 2. The van der Waals surface area contributed by atoms with Crippen molar-refractivity contribution < 1.29 is 0 Å². The molecule has 0 saturated carbocycles. The molecule has 0 aliphatic carbocycles. The van der Waals surface area contributed by atoms with Crippen LogP contribution in [0.15, 0.2) is 46.9 Å². The average Bonchev–Trinajstić information content (AvgIpc) is 2.91. The summed E-state index contributed by atoms with van der Waals surface area (Å²) in [5, 5.41) is 3.46. The summed E-state index contributed by atoms with van der Waals surface area (Å²) in [5.74, 6) is 0. The third-order valence-corrected chi connectivity index (χ3v) is 4.85. The molecule has 21 heavy (non-hydrogen) atoms. The number of hydrogen-bond donors (Lipinski definition) is 1. The van der Waals surface area contributed by atoms with E-state index in [4.69, 9.17) is 0 Å². The van der Waals surface area contributed by atoms with Crippen LogP contribution >= 0.6 is 15.9 Å². The molecule has 1 unspecified atom stereocenters. The van der Waals surface area contributed by atoms with Crippen LogP contribution in [0.2, 0.25) is 0 Å². The number of nitrogens with zero attached hydrogens (tertiary/aromatic N) is 1. The van der Waals surface area contributed by atoms with E-state index in [9.17, 15) is 0 Å². The Morgan fingerprint density at radius 2 is 2.05 bits per heavy atom. The number of para-hydroxylation sites is 1. The van der Waals surface area contributed by atoms with Gasteiger partial charge in [-0.1, -0.05) is 47.1 Å². The van der Waals surface area contributed by atoms with Crippen LogP contribution in [0.3, 0.4) is 0 Å². The van der Waals surface area contributed by atoms with E-state index in [-0.39, 0.29) is 0 Å². The fraction of sp³-hybridized carbons (Fsp3) is 0.333. The first kappa shape index (κ1) is 14.6. The molecule has 1 N–H and O–H groups in total. The maximum atomic E-state index is 3.74. The van der Waals surface area contributed by atoms with Crippen molar-refractivity contribution in [1.82, 2.24) is 5.32 Å². The van der Waals surface area contributed by atoms with Crippen molar-refractivity contribution in [3.63, 3.8) is 0 Å². The molecule has 2 nitrogen and oxygen atoms in total. The summed E-state index contributed by atoms with van der Waals surface area (Å²) in [6.07, 6.45) is 1.13. The highest BCUT2D eigenvalue weighted by molar-refractivity contribution is 9.10. The Labute approximate surface area is 135 Å². The zero-order chi connectivity index (χ0) is 14.8. The molecule has 1 atom stereocenters. The Morgan fingerprint density at radius 3 is 2.81 bits per heavy atom. The third-order valence-electron chi connectivity index (χ3n) is 4.16. The van der Waals surface area contributed by atoms with Gasteiger partial charge >= 0.3 is 0 Å². The number of rotatable bonds is 4. The van der Waals surface area contributed by atoms with E-state index in [0.29, 0.717) is 6.04 Å². The zero-order valence-electron chi connectivity index (χ0n) is 12.6. The summed E-state index contributed by atoms with van der Waals surface area (Å²) < 4.78 is 1.18. The SMILES string of the molecule is CCNC(C)c1ccc(N2CCc3ccccc32)cc1Br. The molecule has 2 aromatic carbocycles. The maximum absolute atomic E-state index is 3.74. The smallest absolute Gasteiger partial charge is 0.0444 e. The van der Waals surface area contributed by atoms with Gasteiger partial charge in [-0.2, -0.15) is 0 Å². The van der Waals surface area contributed by atoms with Gasteiger partial charge in [0.25, 0.3) is 0 Å². The van der Waals surface area contributed by atoms with Crippen molar-refractivity contribution in [2.24, 2.45) is 0 Å². The topological polar surface area (TPSA) is 15.3 Å². The summed E-state index contributed by atoms with van der Waals surface area (Å²) in [4.78, 5) is 2.40. The number of hydrogen-bond acceptors (Lipinski definition) is 2. The van der Waals surface area contributed by atoms with E-state index >= 15 is 0 Å². The monoisotopic (exact) mass is 344 g/mol. The molecule has 3 heteroatoms. The average molecular weight is 345 g/mol. The summed E-state index contributed by atoms with van der Waals surface area (Å²) in [5.41, 5.74) is 5.36. The first-order chi connectivity index (χ1) is 10.2. The van der Waals surface area contributed by atoms with Gasteiger partial charge in [-0.15, -0.1) is 0 Å². The fourth-order valence-corrected chi connectivity index (χ4v) is 3.77. The van der Waals surface area contributed by atoms with Crippen LogP contribution in [-0.4, -0.2) is 13.1 Å². The van der Waals surface area contributed by atoms with Crippen molar-refractivity contribution in [1.29, 1.82) is 0 Å². The Morgan fingerprint density at radius 1 is 1.24 bits per heavy atom. The van der Waals surface area contributed by atoms with Crippen LogP contribution in [0.1, 0.15) is 31.0 Å². The molecule has 0 spiro atoms. The van der Waals surface area contributed by atoms with E-state index in [0.717, 1.165) is 19.5 Å². The van der Waals surface area contributed by atoms with Crippen molar-refractivity contribution in [3.05, 3.63) is 58.1 Å². The van der Waals surface area contributed by atoms with Gasteiger partial charge in [0, 0.05) is 28.4 Å². The second-order valence-corrected chi connectivity index (χ2v) is 6.37. The normalized spacial score (nSPS) is 15.1. The minimum Gasteiger partial charge on any atom is -0.341 e. The first-order valence-electron chi connectivity index (χ1n) is 7.59. The Balaban J connectivity index is 1.90. The van der Waals surface area contributed by atoms with Gasteiger partial charge in [0.1, 0.15) is 0 Å². The zero-order valence-corrected chi connectivity index (χ0v) is 14.2. The van der Waals surface area contributed by atoms with Gasteiger partial charge in [-0.05, 0) is 49.2 Å². The number of nitrogens with one attached hydrogen (secondary N) is 1. The molecule has 0 bridgehead atoms. The highest BCUT2D eigenvalue weighted by atomic mass is 79.9. The molecule has 0 amide bonds. The predicted octanol–water partition coefficient (Wildman–Crippen LogP) is 4.81. The highest BCUT2D eigenvalue weighted by Crippen LogP contribution is 2.36. The summed E-state index contributed by atoms with van der Waals surface area (Å²) in [7, 11) is 0. The minimum atomic E-state index is 0.365. The van der Waals surface area contributed by atoms with Crippen molar-refractivity contribution in [2.45, 2.75) is 26.3 Å². The second-order valence-electron chi connectivity index (χ2n) is 5.52. The number of anilines is 2. The summed E-state index contributed by atoms with van der Waals surface area (Å²) in [6, 6.07) is 15.8. The second kappa shape index (κ2) is 6.20. The summed E-state index contributed by atoms with van der Waals surface area (Å²) >= 11 is 3.74. The van der Waals surface area contributed by atoms with E-state index in [1.165, 1.54) is 27.0 Å². The van der Waals surface area contributed by atoms with Crippen molar-refractivity contribution in [3.8, 4) is 0 Å². The van der Waals surface area contributed by atoms with Crippen molar-refractivity contribution in [2.75, 3.05) is 18.0 Å². The quantitative estimate of drug-likeness (QED) is 0.855. The molecule has 0 saturated heterocycles. The van der Waals surface area contributed by atoms with Crippen LogP contribution in [0, 0.1) is 0 Å². The van der Waals surface area contributed by atoms with E-state index in [1.54, 1.807) is 0 Å². The number of halogens is 1. The lowest BCUT2D eigenvalue weighted by molar-refractivity contribution is 0.596. The van der Waals surface area contributed by atoms with Crippen LogP contribution in [0.25, 0.3) is 0 Å². The van der Waals surface area contributed by atoms with Gasteiger partial charge in [0.2, 0.25) is 0 Å². The predicted molar refractivity (Wildman–Crippen MR) is 93.4 cm³/mol. The largest absolute Gasteiger partial charge is 0.341 e. The molecule has 3 rings (SSSR count). The highest BCUT2D eigenvalue weighted by Gasteiger charge is 2.20.